The van der Waals surface area contributed by atoms with E-state index >= 15 is 0 Å². The molecule has 1 aliphatic rings. The second-order valence-electron chi connectivity index (χ2n) is 7.81. The van der Waals surface area contributed by atoms with Crippen molar-refractivity contribution in [3.05, 3.63) is 46.3 Å². The number of H-pyrrole nitrogens is 2. The lowest BCUT2D eigenvalue weighted by atomic mass is 10.0. The van der Waals surface area contributed by atoms with Gasteiger partial charge in [0.1, 0.15) is 5.65 Å². The molecule has 0 aliphatic carbocycles. The van der Waals surface area contributed by atoms with Gasteiger partial charge in [0.2, 0.25) is 0 Å². The first-order valence-corrected chi connectivity index (χ1v) is 9.83. The van der Waals surface area contributed by atoms with Crippen LogP contribution >= 0.6 is 0 Å². The van der Waals surface area contributed by atoms with Gasteiger partial charge in [-0.1, -0.05) is 0 Å². The number of nitrogens with one attached hydrogen (secondary N) is 2. The molecule has 4 aromatic rings. The molecule has 0 saturated carbocycles. The molecule has 1 aliphatic heterocycles. The molecule has 1 saturated heterocycles. The maximum atomic E-state index is 12.5. The number of aliphatic hydroxyl groups excluding tert-OH is 1. The average Bonchev–Trinajstić information content (AvgIpc) is 3.24. The number of aliphatic hydroxyl groups is 1. The largest absolute Gasteiger partial charge is 0.391 e. The maximum Gasteiger partial charge on any atom is 0.327 e. The lowest BCUT2D eigenvalue weighted by molar-refractivity contribution is -0.0609. The second-order valence-corrected chi connectivity index (χ2v) is 7.81. The SMILES string of the molecule is Cc1c[nH]c2ncc(-c3cnc4[nH]c(=O)n(C[C@H]5CC[C@@H](O)CO5)c4c3)c(C)c12. The summed E-state index contributed by atoms with van der Waals surface area (Å²) in [6.45, 7) is 4.88. The van der Waals surface area contributed by atoms with Gasteiger partial charge >= 0.3 is 5.69 Å². The minimum atomic E-state index is -0.415. The first-order chi connectivity index (χ1) is 14.0. The number of aryl methyl sites for hydroxylation is 2. The molecular weight excluding hydrogens is 370 g/mol. The van der Waals surface area contributed by atoms with Crippen LogP contribution in [0, 0.1) is 13.8 Å². The van der Waals surface area contributed by atoms with E-state index in [2.05, 4.69) is 33.8 Å². The fourth-order valence-electron chi connectivity index (χ4n) is 4.24. The van der Waals surface area contributed by atoms with E-state index in [9.17, 15) is 9.90 Å². The Morgan fingerprint density at radius 2 is 2.07 bits per heavy atom. The van der Waals surface area contributed by atoms with Crippen LogP contribution in [0.4, 0.5) is 0 Å². The van der Waals surface area contributed by atoms with Crippen molar-refractivity contribution in [2.75, 3.05) is 6.61 Å². The van der Waals surface area contributed by atoms with Crippen LogP contribution in [-0.4, -0.2) is 48.4 Å². The summed E-state index contributed by atoms with van der Waals surface area (Å²) in [5, 5.41) is 10.7. The normalized spacial score (nSPS) is 20.0. The topological polar surface area (TPSA) is 109 Å². The van der Waals surface area contributed by atoms with Crippen LogP contribution in [0.15, 0.2) is 29.5 Å². The number of pyridine rings is 2. The molecule has 0 spiro atoms. The fourth-order valence-corrected chi connectivity index (χ4v) is 4.24. The number of fused-ring (bicyclic) bond motifs is 2. The Bertz CT molecular complexity index is 1260. The summed E-state index contributed by atoms with van der Waals surface area (Å²) >= 11 is 0. The molecular formula is C21H23N5O3. The fraction of sp³-hybridized carbons (Fsp3) is 0.381. The minimum absolute atomic E-state index is 0.0963. The van der Waals surface area contributed by atoms with E-state index < -0.39 is 6.10 Å². The van der Waals surface area contributed by atoms with Gasteiger partial charge < -0.3 is 14.8 Å². The zero-order chi connectivity index (χ0) is 20.1. The number of hydrogen-bond acceptors (Lipinski definition) is 5. The van der Waals surface area contributed by atoms with Crippen molar-refractivity contribution in [1.29, 1.82) is 0 Å². The van der Waals surface area contributed by atoms with E-state index in [1.807, 2.05) is 18.5 Å². The molecule has 0 radical (unpaired) electrons. The molecule has 0 aromatic carbocycles. The molecule has 29 heavy (non-hydrogen) atoms. The van der Waals surface area contributed by atoms with Gasteiger partial charge in [0.15, 0.2) is 5.65 Å². The quantitative estimate of drug-likeness (QED) is 0.495. The van der Waals surface area contributed by atoms with Crippen molar-refractivity contribution in [3.63, 3.8) is 0 Å². The van der Waals surface area contributed by atoms with E-state index in [4.69, 9.17) is 4.74 Å². The van der Waals surface area contributed by atoms with Gasteiger partial charge in [-0.15, -0.1) is 0 Å². The van der Waals surface area contributed by atoms with Gasteiger partial charge in [-0.25, -0.2) is 14.8 Å². The summed E-state index contributed by atoms with van der Waals surface area (Å²) in [6, 6.07) is 1.98. The van der Waals surface area contributed by atoms with Crippen LogP contribution in [0.25, 0.3) is 33.3 Å². The smallest absolute Gasteiger partial charge is 0.327 e. The molecule has 0 unspecified atom stereocenters. The number of aromatic amines is 2. The first kappa shape index (κ1) is 18.1. The lowest BCUT2D eigenvalue weighted by Crippen LogP contribution is -2.34. The molecule has 5 heterocycles. The highest BCUT2D eigenvalue weighted by Gasteiger charge is 2.22. The van der Waals surface area contributed by atoms with Gasteiger partial charge in [-0.05, 0) is 43.9 Å². The molecule has 8 nitrogen and oxygen atoms in total. The van der Waals surface area contributed by atoms with Crippen molar-refractivity contribution >= 4 is 22.2 Å². The summed E-state index contributed by atoms with van der Waals surface area (Å²) in [5.74, 6) is 0. The summed E-state index contributed by atoms with van der Waals surface area (Å²) in [7, 11) is 0. The predicted octanol–water partition coefficient (Wildman–Crippen LogP) is 2.42. The van der Waals surface area contributed by atoms with Crippen LogP contribution in [-0.2, 0) is 11.3 Å². The van der Waals surface area contributed by atoms with Crippen LogP contribution in [0.2, 0.25) is 0 Å². The zero-order valence-corrected chi connectivity index (χ0v) is 16.4. The van der Waals surface area contributed by atoms with Crippen LogP contribution in [0.1, 0.15) is 24.0 Å². The van der Waals surface area contributed by atoms with E-state index in [1.54, 1.807) is 10.8 Å². The van der Waals surface area contributed by atoms with Crippen LogP contribution in [0.5, 0.6) is 0 Å². The molecule has 2 atom stereocenters. The van der Waals surface area contributed by atoms with E-state index in [-0.39, 0.29) is 11.8 Å². The molecule has 0 bridgehead atoms. The summed E-state index contributed by atoms with van der Waals surface area (Å²) in [5.41, 5.74) is 6.15. The highest BCUT2D eigenvalue weighted by atomic mass is 16.5. The van der Waals surface area contributed by atoms with Gasteiger partial charge in [0, 0.05) is 35.1 Å². The number of ether oxygens (including phenoxy) is 1. The highest BCUT2D eigenvalue weighted by Crippen LogP contribution is 2.30. The predicted molar refractivity (Wildman–Crippen MR) is 110 cm³/mol. The van der Waals surface area contributed by atoms with E-state index in [0.29, 0.717) is 25.2 Å². The van der Waals surface area contributed by atoms with Crippen molar-refractivity contribution in [2.45, 2.75) is 45.4 Å². The minimum Gasteiger partial charge on any atom is -0.391 e. The Hall–Kier alpha value is -2.97. The van der Waals surface area contributed by atoms with Gasteiger partial charge in [-0.2, -0.15) is 0 Å². The number of nitrogens with zero attached hydrogens (tertiary/aromatic N) is 3. The summed E-state index contributed by atoms with van der Waals surface area (Å²) in [6.07, 6.45) is 6.47. The average molecular weight is 393 g/mol. The zero-order valence-electron chi connectivity index (χ0n) is 16.4. The highest BCUT2D eigenvalue weighted by molar-refractivity contribution is 5.90. The molecule has 150 valence electrons. The molecule has 1 fully saturated rings. The monoisotopic (exact) mass is 393 g/mol. The molecule has 3 N–H and O–H groups in total. The number of rotatable bonds is 3. The summed E-state index contributed by atoms with van der Waals surface area (Å²) < 4.78 is 7.37. The van der Waals surface area contributed by atoms with E-state index in [0.717, 1.165) is 45.2 Å². The third-order valence-corrected chi connectivity index (χ3v) is 5.83. The van der Waals surface area contributed by atoms with Crippen molar-refractivity contribution in [1.82, 2.24) is 24.5 Å². The lowest BCUT2D eigenvalue weighted by Gasteiger charge is -2.26. The Kier molecular flexibility index (Phi) is 4.25. The molecule has 8 heteroatoms. The van der Waals surface area contributed by atoms with Crippen molar-refractivity contribution in [3.8, 4) is 11.1 Å². The Morgan fingerprint density at radius 3 is 2.86 bits per heavy atom. The van der Waals surface area contributed by atoms with E-state index in [1.165, 1.54) is 0 Å². The summed E-state index contributed by atoms with van der Waals surface area (Å²) in [4.78, 5) is 27.6. The van der Waals surface area contributed by atoms with Crippen LogP contribution in [0.3, 0.4) is 0 Å². The molecule has 5 rings (SSSR count). The standard InChI is InChI=1S/C21H23N5O3/c1-11-6-22-20-18(11)12(2)16(8-24-20)13-5-17-19(23-7-13)25-21(28)26(17)9-15-4-3-14(27)10-29-15/h5-8,14-15,27H,3-4,9-10H2,1-2H3,(H,22,24)(H,23,25,28)/t14-,15-/m1/s1. The van der Waals surface area contributed by atoms with Gasteiger partial charge in [0.05, 0.1) is 30.9 Å². The van der Waals surface area contributed by atoms with Crippen LogP contribution < -0.4 is 5.69 Å². The second kappa shape index (κ2) is 6.82. The Labute approximate surface area is 166 Å². The number of imidazole rings is 1. The first-order valence-electron chi connectivity index (χ1n) is 9.83. The molecule has 4 aromatic heterocycles. The molecule has 0 amide bonds. The third-order valence-electron chi connectivity index (χ3n) is 5.83. The number of hydrogen-bond donors (Lipinski definition) is 3. The van der Waals surface area contributed by atoms with Gasteiger partial charge in [0.25, 0.3) is 0 Å². The Morgan fingerprint density at radius 1 is 1.24 bits per heavy atom. The number of aromatic nitrogens is 5. The Balaban J connectivity index is 1.57. The van der Waals surface area contributed by atoms with Crippen molar-refractivity contribution in [2.24, 2.45) is 0 Å². The maximum absolute atomic E-state index is 12.5. The van der Waals surface area contributed by atoms with Crippen molar-refractivity contribution < 1.29 is 9.84 Å². The third kappa shape index (κ3) is 3.04. The van der Waals surface area contributed by atoms with Gasteiger partial charge in [-0.3, -0.25) is 9.55 Å².